The largest absolute Gasteiger partial charge is 0.448 e. The van der Waals surface area contributed by atoms with E-state index < -0.39 is 23.9 Å². The first-order valence-corrected chi connectivity index (χ1v) is 9.66. The topological polar surface area (TPSA) is 98.5 Å². The van der Waals surface area contributed by atoms with Crippen LogP contribution in [0.2, 0.25) is 0 Å². The average molecular weight is 378 g/mol. The molecule has 1 aliphatic carbocycles. The van der Waals surface area contributed by atoms with Crippen molar-refractivity contribution in [3.8, 4) is 0 Å². The molecule has 2 aromatic heterocycles. The molecule has 1 atom stereocenters. The minimum absolute atomic E-state index is 0.239. The molecule has 8 heteroatoms. The Morgan fingerprint density at radius 2 is 2.04 bits per heavy atom. The molecule has 0 fully saturated rings. The fraction of sp³-hybridized carbons (Fsp3) is 0.353. The zero-order valence-corrected chi connectivity index (χ0v) is 15.3. The molecule has 3 rings (SSSR count). The van der Waals surface area contributed by atoms with E-state index in [9.17, 15) is 14.4 Å². The number of rotatable bonds is 5. The zero-order chi connectivity index (χ0) is 18.0. The number of amides is 2. The number of thiophene rings is 2. The number of aryl methyl sites for hydroxylation is 2. The number of nitrogens with one attached hydrogen (secondary N) is 1. The summed E-state index contributed by atoms with van der Waals surface area (Å²) >= 11 is 2.63. The van der Waals surface area contributed by atoms with Gasteiger partial charge in [0, 0.05) is 4.88 Å². The number of anilines is 1. The van der Waals surface area contributed by atoms with Crippen molar-refractivity contribution < 1.29 is 19.1 Å². The van der Waals surface area contributed by atoms with Gasteiger partial charge in [0.05, 0.1) is 5.56 Å². The Hall–Kier alpha value is -2.19. The smallest absolute Gasteiger partial charge is 0.349 e. The Kier molecular flexibility index (Phi) is 5.19. The van der Waals surface area contributed by atoms with Gasteiger partial charge in [-0.05, 0) is 55.7 Å². The third-order valence-corrected chi connectivity index (χ3v) is 6.07. The van der Waals surface area contributed by atoms with E-state index in [-0.39, 0.29) is 5.56 Å². The molecule has 6 nitrogen and oxygen atoms in total. The Morgan fingerprint density at radius 1 is 1.28 bits per heavy atom. The lowest BCUT2D eigenvalue weighted by Gasteiger charge is -2.12. The van der Waals surface area contributed by atoms with Crippen LogP contribution in [-0.4, -0.2) is 23.9 Å². The Morgan fingerprint density at radius 3 is 2.76 bits per heavy atom. The van der Waals surface area contributed by atoms with Gasteiger partial charge in [0.25, 0.3) is 11.8 Å². The lowest BCUT2D eigenvalue weighted by atomic mass is 9.99. The number of hydrogen-bond donors (Lipinski definition) is 2. The maximum Gasteiger partial charge on any atom is 0.349 e. The minimum Gasteiger partial charge on any atom is -0.448 e. The number of hydrogen-bond acceptors (Lipinski definition) is 6. The molecule has 0 aromatic carbocycles. The summed E-state index contributed by atoms with van der Waals surface area (Å²) in [6, 6.07) is 3.41. The average Bonchev–Trinajstić information content (AvgIpc) is 3.20. The number of carbonyl (C=O) groups is 3. The molecule has 3 N–H and O–H groups in total. The summed E-state index contributed by atoms with van der Waals surface area (Å²) in [4.78, 5) is 37.6. The SMILES string of the molecule is C[C@@H](OC(=O)c1cc2c(s1)CCCC2)C(=O)Nc1sccc1C(N)=O. The summed E-state index contributed by atoms with van der Waals surface area (Å²) in [6.07, 6.45) is 3.29. The van der Waals surface area contributed by atoms with Crippen molar-refractivity contribution in [1.29, 1.82) is 0 Å². The molecule has 2 amide bonds. The molecular weight excluding hydrogens is 360 g/mol. The van der Waals surface area contributed by atoms with Gasteiger partial charge in [-0.1, -0.05) is 0 Å². The van der Waals surface area contributed by atoms with Crippen LogP contribution in [0.15, 0.2) is 17.5 Å². The summed E-state index contributed by atoms with van der Waals surface area (Å²) in [6.45, 7) is 1.50. The summed E-state index contributed by atoms with van der Waals surface area (Å²) < 4.78 is 5.27. The summed E-state index contributed by atoms with van der Waals surface area (Å²) in [5.41, 5.74) is 6.70. The van der Waals surface area contributed by atoms with Crippen molar-refractivity contribution in [2.75, 3.05) is 5.32 Å². The highest BCUT2D eigenvalue weighted by atomic mass is 32.1. The second kappa shape index (κ2) is 7.37. The second-order valence-electron chi connectivity index (χ2n) is 5.83. The van der Waals surface area contributed by atoms with Crippen LogP contribution in [-0.2, 0) is 22.4 Å². The molecule has 0 unspecified atom stereocenters. The standard InChI is InChI=1S/C17H18N2O4S2/c1-9(15(21)19-16-11(14(18)20)6-7-24-16)23-17(22)13-8-10-4-2-3-5-12(10)25-13/h6-9H,2-5H2,1H3,(H2,18,20)(H,19,21)/t9-/m1/s1. The molecule has 0 bridgehead atoms. The molecular formula is C17H18N2O4S2. The number of ether oxygens (including phenoxy) is 1. The van der Waals surface area contributed by atoms with Gasteiger partial charge in [-0.15, -0.1) is 22.7 Å². The van der Waals surface area contributed by atoms with E-state index in [1.165, 1.54) is 46.1 Å². The highest BCUT2D eigenvalue weighted by molar-refractivity contribution is 7.15. The van der Waals surface area contributed by atoms with E-state index in [1.54, 1.807) is 5.38 Å². The molecule has 0 radical (unpaired) electrons. The lowest BCUT2D eigenvalue weighted by molar-refractivity contribution is -0.123. The Balaban J connectivity index is 1.63. The van der Waals surface area contributed by atoms with Gasteiger partial charge in [-0.3, -0.25) is 9.59 Å². The molecule has 2 heterocycles. The van der Waals surface area contributed by atoms with Gasteiger partial charge in [0.1, 0.15) is 9.88 Å². The van der Waals surface area contributed by atoms with E-state index in [4.69, 9.17) is 10.5 Å². The van der Waals surface area contributed by atoms with Crippen LogP contribution in [0, 0.1) is 0 Å². The van der Waals surface area contributed by atoms with Gasteiger partial charge < -0.3 is 15.8 Å². The predicted molar refractivity (Wildman–Crippen MR) is 97.3 cm³/mol. The zero-order valence-electron chi connectivity index (χ0n) is 13.7. The van der Waals surface area contributed by atoms with Crippen LogP contribution >= 0.6 is 22.7 Å². The minimum atomic E-state index is -0.977. The van der Waals surface area contributed by atoms with Crippen molar-refractivity contribution in [2.45, 2.75) is 38.7 Å². The molecule has 0 aliphatic heterocycles. The van der Waals surface area contributed by atoms with E-state index in [2.05, 4.69) is 5.32 Å². The molecule has 0 spiro atoms. The fourth-order valence-electron chi connectivity index (χ4n) is 2.68. The Labute approximate surface area is 153 Å². The molecule has 0 saturated carbocycles. The van der Waals surface area contributed by atoms with E-state index in [0.717, 1.165) is 25.7 Å². The van der Waals surface area contributed by atoms with Gasteiger partial charge >= 0.3 is 5.97 Å². The number of primary amides is 1. The first-order valence-electron chi connectivity index (χ1n) is 7.96. The van der Waals surface area contributed by atoms with Gasteiger partial charge in [0.2, 0.25) is 0 Å². The number of nitrogens with two attached hydrogens (primary N) is 1. The highest BCUT2D eigenvalue weighted by Gasteiger charge is 2.24. The maximum absolute atomic E-state index is 12.3. The molecule has 1 aliphatic rings. The molecule has 2 aromatic rings. The van der Waals surface area contributed by atoms with E-state index in [0.29, 0.717) is 9.88 Å². The molecule has 25 heavy (non-hydrogen) atoms. The number of esters is 1. The first kappa shape index (κ1) is 17.6. The van der Waals surface area contributed by atoms with Crippen molar-refractivity contribution >= 4 is 45.5 Å². The van der Waals surface area contributed by atoms with Crippen molar-refractivity contribution in [1.82, 2.24) is 0 Å². The second-order valence-corrected chi connectivity index (χ2v) is 7.88. The van der Waals surface area contributed by atoms with Crippen LogP contribution in [0.4, 0.5) is 5.00 Å². The first-order chi connectivity index (χ1) is 12.0. The summed E-state index contributed by atoms with van der Waals surface area (Å²) in [5.74, 6) is -1.62. The van der Waals surface area contributed by atoms with E-state index in [1.807, 2.05) is 6.07 Å². The van der Waals surface area contributed by atoms with Gasteiger partial charge in [0.15, 0.2) is 6.10 Å². The van der Waals surface area contributed by atoms with E-state index >= 15 is 0 Å². The van der Waals surface area contributed by atoms with Gasteiger partial charge in [-0.25, -0.2) is 4.79 Å². The predicted octanol–water partition coefficient (Wildman–Crippen LogP) is 2.97. The maximum atomic E-state index is 12.3. The van der Waals surface area contributed by atoms with Gasteiger partial charge in [-0.2, -0.15) is 0 Å². The number of carbonyl (C=O) groups excluding carboxylic acids is 3. The highest BCUT2D eigenvalue weighted by Crippen LogP contribution is 2.30. The van der Waals surface area contributed by atoms with Crippen LogP contribution in [0.1, 0.15) is 50.2 Å². The monoisotopic (exact) mass is 378 g/mol. The molecule has 132 valence electrons. The molecule has 0 saturated heterocycles. The summed E-state index contributed by atoms with van der Waals surface area (Å²) in [5, 5.41) is 4.59. The van der Waals surface area contributed by atoms with Crippen LogP contribution < -0.4 is 11.1 Å². The van der Waals surface area contributed by atoms with Crippen LogP contribution in [0.25, 0.3) is 0 Å². The van der Waals surface area contributed by atoms with Crippen LogP contribution in [0.3, 0.4) is 0 Å². The normalized spacial score (nSPS) is 14.4. The summed E-state index contributed by atoms with van der Waals surface area (Å²) in [7, 11) is 0. The third-order valence-electron chi connectivity index (χ3n) is 4.02. The van der Waals surface area contributed by atoms with Crippen molar-refractivity contribution in [3.05, 3.63) is 38.4 Å². The Bertz CT molecular complexity index is 801. The number of fused-ring (bicyclic) bond motifs is 1. The van der Waals surface area contributed by atoms with Crippen molar-refractivity contribution in [2.24, 2.45) is 5.73 Å². The lowest BCUT2D eigenvalue weighted by Crippen LogP contribution is -2.30. The van der Waals surface area contributed by atoms with Crippen molar-refractivity contribution in [3.63, 3.8) is 0 Å². The van der Waals surface area contributed by atoms with Crippen LogP contribution in [0.5, 0.6) is 0 Å². The quantitative estimate of drug-likeness (QED) is 0.782. The third kappa shape index (κ3) is 3.91. The fourth-order valence-corrected chi connectivity index (χ4v) is 4.61.